The number of pyridine rings is 4. The molecule has 4 aliphatic heterocycles. The van der Waals surface area contributed by atoms with Gasteiger partial charge in [0.15, 0.2) is 0 Å². The number of benzene rings is 16. The molecule has 0 atom stereocenters. The van der Waals surface area contributed by atoms with Crippen molar-refractivity contribution in [1.82, 2.24) is 19.9 Å². The van der Waals surface area contributed by atoms with Gasteiger partial charge in [0.2, 0.25) is 0 Å². The Kier molecular flexibility index (Phi) is 18.6. The van der Waals surface area contributed by atoms with Gasteiger partial charge in [0.05, 0.1) is 72.6 Å². The molecule has 0 fully saturated rings. The largest absolute Gasteiger partial charge is 0.457 e. The first-order chi connectivity index (χ1) is 65.3. The molecule has 4 aromatic heterocycles. The fourth-order valence-electron chi connectivity index (χ4n) is 23.4. The molecule has 16 aromatic carbocycles. The van der Waals surface area contributed by atoms with Gasteiger partial charge in [-0.1, -0.05) is 359 Å². The summed E-state index contributed by atoms with van der Waals surface area (Å²) in [5.41, 5.74) is 33.8. The number of aromatic nitrogens is 4. The molecule has 0 bridgehead atoms. The lowest BCUT2D eigenvalue weighted by molar-refractivity contribution is 0.435. The average molecular weight is 1820 g/mol. The molecule has 0 N–H and O–H groups in total. The molecule has 624 valence electrons. The first-order valence-electron chi connectivity index (χ1n) is 44.9. The normalized spacial score (nSPS) is 14.8. The van der Waals surface area contributed by atoms with Crippen LogP contribution in [-0.4, -0.2) is 19.9 Å². The van der Waals surface area contributed by atoms with E-state index in [0.717, 1.165) is 140 Å². The van der Waals surface area contributed by atoms with Gasteiger partial charge in [0.25, 0.3) is 0 Å². The van der Waals surface area contributed by atoms with Crippen LogP contribution in [0.1, 0.15) is 122 Å². The van der Waals surface area contributed by atoms with Gasteiger partial charge in [-0.3, -0.25) is 19.9 Å². The summed E-state index contributed by atoms with van der Waals surface area (Å²) in [7, 11) is 0. The van der Waals surface area contributed by atoms with Gasteiger partial charge >= 0.3 is 0 Å². The number of anilines is 6. The quantitative estimate of drug-likeness (QED) is 0.149. The number of para-hydroxylation sites is 4. The molecule has 132 heavy (non-hydrogen) atoms. The zero-order chi connectivity index (χ0) is 87.7. The van der Waals surface area contributed by atoms with E-state index in [9.17, 15) is 0 Å². The SMILES string of the molecule is Brc1ccc2c(c1)C1(c3cc(Br)ccc3O2)c2cccnc2-c2ncccc21.c1ccc(C2(c3ccccc3)c3ccccc3Cc3ccccc32)cc1.c1ccc(C2(c3ccccc3)c3ccccc3N(c3ccc4c(c3)C3(c5cc(N6c7ccccc7C(c7ccccc7)(c7ccccc7)c7ccccc76)ccc5O4)c4cccnc4-c4ncccc43)c3ccccc32)cc1. The lowest BCUT2D eigenvalue weighted by Crippen LogP contribution is -2.38. The third kappa shape index (κ3) is 11.4. The number of ether oxygens (including phenoxy) is 2. The van der Waals surface area contributed by atoms with E-state index in [-0.39, 0.29) is 5.41 Å². The molecule has 10 heteroatoms. The van der Waals surface area contributed by atoms with Crippen molar-refractivity contribution < 1.29 is 9.47 Å². The smallest absolute Gasteiger partial charge is 0.132 e. The molecule has 0 amide bonds. The summed E-state index contributed by atoms with van der Waals surface area (Å²) >= 11 is 7.32. The lowest BCUT2D eigenvalue weighted by Gasteiger charge is -2.47. The highest BCUT2D eigenvalue weighted by molar-refractivity contribution is 9.10. The molecule has 2 spiro atoms. The van der Waals surface area contributed by atoms with Crippen molar-refractivity contribution in [2.45, 2.75) is 33.5 Å². The van der Waals surface area contributed by atoms with Crippen LogP contribution < -0.4 is 19.3 Å². The Labute approximate surface area is 783 Å². The number of hydrogen-bond acceptors (Lipinski definition) is 8. The molecule has 0 unspecified atom stereocenters. The second kappa shape index (κ2) is 31.3. The van der Waals surface area contributed by atoms with Crippen molar-refractivity contribution in [1.29, 1.82) is 0 Å². The van der Waals surface area contributed by atoms with Crippen LogP contribution in [0, 0.1) is 0 Å². The van der Waals surface area contributed by atoms with E-state index in [2.05, 4.69) is 454 Å². The molecule has 0 saturated heterocycles. The number of nitrogens with zero attached hydrogens (tertiary/aromatic N) is 6. The summed E-state index contributed by atoms with van der Waals surface area (Å²) in [4.78, 5) is 24.7. The van der Waals surface area contributed by atoms with Crippen LogP contribution in [0.5, 0.6) is 23.0 Å². The molecule has 27 rings (SSSR count). The molecule has 8 nitrogen and oxygen atoms in total. The second-order valence-corrected chi connectivity index (χ2v) is 36.5. The van der Waals surface area contributed by atoms with Crippen molar-refractivity contribution in [3.05, 3.63) is 605 Å². The van der Waals surface area contributed by atoms with Gasteiger partial charge in [-0.25, -0.2) is 0 Å². The highest BCUT2D eigenvalue weighted by Gasteiger charge is 2.57. The van der Waals surface area contributed by atoms with E-state index in [1.54, 1.807) is 0 Å². The maximum Gasteiger partial charge on any atom is 0.132 e. The highest BCUT2D eigenvalue weighted by Crippen LogP contribution is 2.68. The fraction of sp³-hybridized carbons (Fsp3) is 0.0492. The van der Waals surface area contributed by atoms with E-state index >= 15 is 0 Å². The van der Waals surface area contributed by atoms with Gasteiger partial charge < -0.3 is 19.3 Å². The van der Waals surface area contributed by atoms with Crippen LogP contribution >= 0.6 is 31.9 Å². The summed E-state index contributed by atoms with van der Waals surface area (Å²) in [5, 5.41) is 0. The van der Waals surface area contributed by atoms with E-state index in [0.29, 0.717) is 0 Å². The van der Waals surface area contributed by atoms with Crippen molar-refractivity contribution >= 4 is 66.0 Å². The number of hydrogen-bond donors (Lipinski definition) is 0. The molecule has 8 heterocycles. The van der Waals surface area contributed by atoms with Gasteiger partial charge in [-0.05, 0) is 228 Å². The first kappa shape index (κ1) is 78.5. The molecule has 3 aliphatic carbocycles. The summed E-state index contributed by atoms with van der Waals surface area (Å²) in [6, 6.07) is 162. The van der Waals surface area contributed by atoms with E-state index in [4.69, 9.17) is 29.4 Å². The van der Waals surface area contributed by atoms with E-state index in [1.807, 2.05) is 61.2 Å². The Morgan fingerprint density at radius 2 is 0.424 bits per heavy atom. The monoisotopic (exact) mass is 1820 g/mol. The average Bonchev–Trinajstić information content (AvgIpc) is 1.44. The topological polar surface area (TPSA) is 76.5 Å². The Bertz CT molecular complexity index is 7310. The van der Waals surface area contributed by atoms with Gasteiger partial charge in [0.1, 0.15) is 23.0 Å². The zero-order valence-electron chi connectivity index (χ0n) is 71.5. The van der Waals surface area contributed by atoms with Gasteiger partial charge in [-0.15, -0.1) is 0 Å². The van der Waals surface area contributed by atoms with Crippen LogP contribution in [0.15, 0.2) is 483 Å². The van der Waals surface area contributed by atoms with E-state index < -0.39 is 21.7 Å². The molecule has 0 saturated carbocycles. The van der Waals surface area contributed by atoms with Crippen LogP contribution in [0.2, 0.25) is 0 Å². The van der Waals surface area contributed by atoms with Crippen LogP contribution in [0.3, 0.4) is 0 Å². The minimum atomic E-state index is -0.887. The van der Waals surface area contributed by atoms with Crippen LogP contribution in [0.25, 0.3) is 22.8 Å². The van der Waals surface area contributed by atoms with Gasteiger partial charge in [-0.2, -0.15) is 0 Å². The predicted octanol–water partition coefficient (Wildman–Crippen LogP) is 29.7. The highest BCUT2D eigenvalue weighted by atomic mass is 79.9. The van der Waals surface area contributed by atoms with Crippen molar-refractivity contribution in [3.8, 4) is 45.8 Å². The molecule has 0 radical (unpaired) electrons. The Morgan fingerprint density at radius 3 is 0.712 bits per heavy atom. The molecule has 7 aliphatic rings. The maximum atomic E-state index is 7.28. The van der Waals surface area contributed by atoms with Crippen LogP contribution in [0.4, 0.5) is 34.1 Å². The van der Waals surface area contributed by atoms with E-state index in [1.165, 1.54) is 77.9 Å². The lowest BCUT2D eigenvalue weighted by atomic mass is 9.60. The molecular weight excluding hydrogens is 1740 g/mol. The third-order valence-corrected chi connectivity index (χ3v) is 29.3. The second-order valence-electron chi connectivity index (χ2n) is 34.6. The first-order valence-corrected chi connectivity index (χ1v) is 46.5. The van der Waals surface area contributed by atoms with Crippen LogP contribution in [-0.2, 0) is 33.5 Å². The van der Waals surface area contributed by atoms with Crippen molar-refractivity contribution in [3.63, 3.8) is 0 Å². The minimum Gasteiger partial charge on any atom is -0.457 e. The fourth-order valence-corrected chi connectivity index (χ4v) is 24.1. The standard InChI is InChI=1S/C73H48N4O.C26H20.C23H12Br2N2O/c1-5-23-49(24-6-1)71(50-25-7-2-8-26-50)55-31-13-17-37-63(55)76(64-38-18-14-32-56(64)71)53-41-43-67-61(47-53)73(59-35-21-45-74-69(59)70-60(73)36-22-46-75-70)62-48-54(42-44-68(62)78-67)77-65-39-19-15-33-57(65)72(51-27-9-3-10-28-51,52-29-11-4-12-30-52)58-34-16-20-40-66(58)77;1-3-13-22(14-4-1)26(23-15-5-2-6-16-23)24-17-9-7-11-20(24)19-21-12-8-10-18-25(21)26;24-13-5-7-19-17(11-13)23(18-12-14(25)6-8-20(18)28-19)15-3-1-9-26-21(15)22-16(23)4-2-10-27-22/h1-48H;1-18H,19H2;1-12H. The Hall–Kier alpha value is -15.7. The number of rotatable bonds is 8. The number of halogens is 2. The third-order valence-electron chi connectivity index (χ3n) is 28.3. The summed E-state index contributed by atoms with van der Waals surface area (Å²) in [6.45, 7) is 0. The molecule has 20 aromatic rings. The molecular formula is C122H80Br2N6O2. The Morgan fingerprint density at radius 1 is 0.197 bits per heavy atom. The zero-order valence-corrected chi connectivity index (χ0v) is 74.7. The Balaban J connectivity index is 0.000000139. The number of fused-ring (bicyclic) bond motifs is 24. The van der Waals surface area contributed by atoms with Crippen molar-refractivity contribution in [2.24, 2.45) is 0 Å². The minimum absolute atomic E-state index is 0.270. The summed E-state index contributed by atoms with van der Waals surface area (Å²) in [5.74, 6) is 3.28. The summed E-state index contributed by atoms with van der Waals surface area (Å²) < 4.78 is 15.6. The summed E-state index contributed by atoms with van der Waals surface area (Å²) in [6.07, 6.45) is 8.45. The van der Waals surface area contributed by atoms with Gasteiger partial charge in [0, 0.05) is 67.4 Å². The maximum absolute atomic E-state index is 7.28. The predicted molar refractivity (Wildman–Crippen MR) is 535 cm³/mol. The van der Waals surface area contributed by atoms with Crippen molar-refractivity contribution in [2.75, 3.05) is 9.80 Å².